The third-order valence-electron chi connectivity index (χ3n) is 4.70. The molecule has 1 aromatic rings. The number of carbonyl (C=O) groups excluding carboxylic acids is 2. The number of imidazole rings is 1. The number of aromatic nitrogens is 2. The van der Waals surface area contributed by atoms with Crippen molar-refractivity contribution in [3.63, 3.8) is 0 Å². The Morgan fingerprint density at radius 1 is 1.15 bits per heavy atom. The van der Waals surface area contributed by atoms with Crippen molar-refractivity contribution in [3.05, 3.63) is 12.0 Å². The van der Waals surface area contributed by atoms with Gasteiger partial charge in [0.1, 0.15) is 0 Å². The molecule has 0 amide bonds. The fourth-order valence-corrected chi connectivity index (χ4v) is 2.32. The van der Waals surface area contributed by atoms with Gasteiger partial charge >= 0.3 is 19.1 Å². The molecule has 1 fully saturated rings. The molecule has 1 aliphatic heterocycles. The van der Waals surface area contributed by atoms with Crippen molar-refractivity contribution in [1.82, 2.24) is 9.55 Å². The van der Waals surface area contributed by atoms with Gasteiger partial charge in [-0.1, -0.05) is 0 Å². The summed E-state index contributed by atoms with van der Waals surface area (Å²) in [5, 5.41) is 0. The first kappa shape index (κ1) is 21.4. The van der Waals surface area contributed by atoms with E-state index < -0.39 is 29.7 Å². The third-order valence-corrected chi connectivity index (χ3v) is 4.70. The zero-order chi connectivity index (χ0) is 20.6. The molecule has 0 aliphatic carbocycles. The highest BCUT2D eigenvalue weighted by atomic mass is 16.7. The lowest BCUT2D eigenvalue weighted by Gasteiger charge is -2.32. The van der Waals surface area contributed by atoms with Gasteiger partial charge < -0.3 is 18.8 Å². The number of nitrogens with zero attached hydrogens (tertiary/aromatic N) is 2. The van der Waals surface area contributed by atoms with Crippen LogP contribution < -0.4 is 5.59 Å². The van der Waals surface area contributed by atoms with Crippen molar-refractivity contribution >= 4 is 24.7 Å². The Bertz CT molecular complexity index is 704. The van der Waals surface area contributed by atoms with Gasteiger partial charge in [0.15, 0.2) is 6.73 Å². The molecule has 0 N–H and O–H groups in total. The monoisotopic (exact) mass is 380 g/mol. The second-order valence-electron chi connectivity index (χ2n) is 8.58. The first-order valence-corrected chi connectivity index (χ1v) is 9.05. The Kier molecular flexibility index (Phi) is 5.78. The maximum Gasteiger partial charge on any atom is 0.516 e. The lowest BCUT2D eigenvalue weighted by molar-refractivity contribution is -0.157. The summed E-state index contributed by atoms with van der Waals surface area (Å²) in [5.74, 6) is -0.960. The van der Waals surface area contributed by atoms with Gasteiger partial charge in [-0.05, 0) is 55.4 Å². The van der Waals surface area contributed by atoms with Crippen LogP contribution in [0.2, 0.25) is 0 Å². The number of rotatable bonds is 5. The zero-order valence-electron chi connectivity index (χ0n) is 17.4. The Morgan fingerprint density at radius 2 is 1.70 bits per heavy atom. The van der Waals surface area contributed by atoms with Crippen molar-refractivity contribution in [1.29, 1.82) is 0 Å². The molecule has 8 nitrogen and oxygen atoms in total. The summed E-state index contributed by atoms with van der Waals surface area (Å²) in [6, 6.07) is 0. The number of ether oxygens (including phenoxy) is 2. The maximum atomic E-state index is 12.3. The van der Waals surface area contributed by atoms with E-state index in [-0.39, 0.29) is 25.1 Å². The number of esters is 2. The molecule has 9 heteroatoms. The van der Waals surface area contributed by atoms with E-state index in [4.69, 9.17) is 18.8 Å². The van der Waals surface area contributed by atoms with Gasteiger partial charge in [-0.3, -0.25) is 9.36 Å². The van der Waals surface area contributed by atoms with Crippen LogP contribution in [0.4, 0.5) is 0 Å². The summed E-state index contributed by atoms with van der Waals surface area (Å²) in [4.78, 5) is 28.6. The van der Waals surface area contributed by atoms with Gasteiger partial charge in [0.05, 0.1) is 28.8 Å². The van der Waals surface area contributed by atoms with Crippen molar-refractivity contribution in [2.24, 2.45) is 5.41 Å². The summed E-state index contributed by atoms with van der Waals surface area (Å²) in [5.41, 5.74) is -1.31. The van der Waals surface area contributed by atoms with E-state index in [0.29, 0.717) is 5.59 Å². The summed E-state index contributed by atoms with van der Waals surface area (Å²) in [6.45, 7) is 14.8. The van der Waals surface area contributed by atoms with Gasteiger partial charge in [0, 0.05) is 6.20 Å². The number of hydrogen-bond donors (Lipinski definition) is 0. The summed E-state index contributed by atoms with van der Waals surface area (Å²) >= 11 is 0. The molecule has 0 radical (unpaired) electrons. The van der Waals surface area contributed by atoms with Crippen molar-refractivity contribution in [2.75, 3.05) is 6.61 Å². The summed E-state index contributed by atoms with van der Waals surface area (Å²) in [6.07, 6.45) is 1.59. The van der Waals surface area contributed by atoms with Gasteiger partial charge in [-0.15, -0.1) is 0 Å². The predicted octanol–water partition coefficient (Wildman–Crippen LogP) is 1.91. The predicted molar refractivity (Wildman–Crippen MR) is 99.4 cm³/mol. The lowest BCUT2D eigenvalue weighted by Crippen LogP contribution is -2.41. The van der Waals surface area contributed by atoms with Gasteiger partial charge in [0.25, 0.3) is 0 Å². The molecule has 0 aromatic carbocycles. The third kappa shape index (κ3) is 4.52. The molecule has 0 saturated carbocycles. The maximum absolute atomic E-state index is 12.3. The van der Waals surface area contributed by atoms with E-state index in [9.17, 15) is 9.59 Å². The minimum atomic E-state index is -0.734. The summed E-state index contributed by atoms with van der Waals surface area (Å²) in [7, 11) is -0.734. The highest BCUT2D eigenvalue weighted by Crippen LogP contribution is 2.36. The topological polar surface area (TPSA) is 88.9 Å². The van der Waals surface area contributed by atoms with Gasteiger partial charge in [-0.25, -0.2) is 9.78 Å². The van der Waals surface area contributed by atoms with Crippen LogP contribution in [0, 0.1) is 5.41 Å². The first-order valence-electron chi connectivity index (χ1n) is 9.05. The van der Waals surface area contributed by atoms with E-state index in [1.807, 2.05) is 27.7 Å². The minimum absolute atomic E-state index is 0.0308. The van der Waals surface area contributed by atoms with Crippen molar-refractivity contribution in [2.45, 2.75) is 73.3 Å². The molecule has 2 heterocycles. The van der Waals surface area contributed by atoms with Crippen LogP contribution in [0.5, 0.6) is 0 Å². The van der Waals surface area contributed by atoms with E-state index in [1.54, 1.807) is 33.9 Å². The molecule has 0 atom stereocenters. The average Bonchev–Trinajstić information content (AvgIpc) is 3.03. The fraction of sp³-hybridized carbons (Fsp3) is 0.722. The van der Waals surface area contributed by atoms with Crippen molar-refractivity contribution < 1.29 is 28.4 Å². The molecule has 1 aliphatic rings. The summed E-state index contributed by atoms with van der Waals surface area (Å²) < 4.78 is 23.8. The largest absolute Gasteiger partial charge is 0.516 e. The highest BCUT2D eigenvalue weighted by Gasteiger charge is 2.53. The first-order chi connectivity index (χ1) is 12.3. The van der Waals surface area contributed by atoms with Crippen LogP contribution in [0.1, 0.15) is 66.0 Å². The molecule has 27 heavy (non-hydrogen) atoms. The molecule has 0 bridgehead atoms. The Labute approximate surface area is 160 Å². The molecule has 150 valence electrons. The van der Waals surface area contributed by atoms with E-state index in [0.717, 1.165) is 0 Å². The highest BCUT2D eigenvalue weighted by molar-refractivity contribution is 6.61. The Morgan fingerprint density at radius 3 is 2.19 bits per heavy atom. The van der Waals surface area contributed by atoms with Crippen LogP contribution >= 0.6 is 0 Å². The van der Waals surface area contributed by atoms with Crippen LogP contribution in [-0.4, -0.2) is 46.4 Å². The minimum Gasteiger partial charge on any atom is -0.460 e. The van der Waals surface area contributed by atoms with Crippen LogP contribution in [0.3, 0.4) is 0 Å². The molecule has 1 aromatic heterocycles. The fourth-order valence-electron chi connectivity index (χ4n) is 2.32. The molecular formula is C18H29BN2O6. The Balaban J connectivity index is 2.28. The van der Waals surface area contributed by atoms with Gasteiger partial charge in [0.2, 0.25) is 5.82 Å². The molecular weight excluding hydrogens is 351 g/mol. The van der Waals surface area contributed by atoms with Crippen LogP contribution in [-0.2, 0) is 30.3 Å². The number of hydrogen-bond acceptors (Lipinski definition) is 7. The second kappa shape index (κ2) is 7.28. The normalized spacial score (nSPS) is 18.4. The molecule has 2 rings (SSSR count). The SMILES string of the molecule is CCOC(=O)c1nc(B2OC(C)(C)C(C)(C)O2)cn1COC(=O)C(C)(C)C. The van der Waals surface area contributed by atoms with Crippen LogP contribution in [0.25, 0.3) is 0 Å². The molecule has 0 unspecified atom stereocenters. The Hall–Kier alpha value is -1.87. The van der Waals surface area contributed by atoms with Gasteiger partial charge in [-0.2, -0.15) is 0 Å². The van der Waals surface area contributed by atoms with Crippen molar-refractivity contribution in [3.8, 4) is 0 Å². The average molecular weight is 380 g/mol. The van der Waals surface area contributed by atoms with E-state index in [2.05, 4.69) is 4.98 Å². The molecule has 1 saturated heterocycles. The lowest BCUT2D eigenvalue weighted by atomic mass is 9.86. The standard InChI is InChI=1S/C18H29BN2O6/c1-9-24-14(22)13-20-12(19-26-17(5,6)18(7,8)27-19)10-21(13)11-25-15(23)16(2,3)4/h10H,9,11H2,1-8H3. The van der Waals surface area contributed by atoms with E-state index >= 15 is 0 Å². The second-order valence-corrected chi connectivity index (χ2v) is 8.58. The number of carbonyl (C=O) groups is 2. The van der Waals surface area contributed by atoms with Crippen LogP contribution in [0.15, 0.2) is 6.20 Å². The molecule has 0 spiro atoms. The van der Waals surface area contributed by atoms with E-state index in [1.165, 1.54) is 4.57 Å². The zero-order valence-corrected chi connectivity index (χ0v) is 17.4. The quantitative estimate of drug-likeness (QED) is 0.569. The smallest absolute Gasteiger partial charge is 0.460 e.